The number of carboxylic acid groups (broad SMARTS) is 1. The average Bonchev–Trinajstić information content (AvgIpc) is 2.91. The molecule has 1 aromatic heterocycles. The molecule has 7 heteroatoms. The van der Waals surface area contributed by atoms with Gasteiger partial charge in [0, 0.05) is 6.42 Å². The van der Waals surface area contributed by atoms with E-state index in [0.29, 0.717) is 10.2 Å². The average molecular weight is 368 g/mol. The SMILES string of the molecule is O=C(NC(Cc1coc(Br)c1)C(=O)O)OCc1ccccc1. The number of ether oxygens (including phenoxy) is 1. The quantitative estimate of drug-likeness (QED) is 0.819. The summed E-state index contributed by atoms with van der Waals surface area (Å²) in [5.74, 6) is -1.14. The van der Waals surface area contributed by atoms with Gasteiger partial charge in [0.05, 0.1) is 6.26 Å². The number of carbonyl (C=O) groups is 2. The summed E-state index contributed by atoms with van der Waals surface area (Å²) in [5, 5.41) is 11.5. The third kappa shape index (κ3) is 4.92. The topological polar surface area (TPSA) is 88.8 Å². The molecule has 0 bridgehead atoms. The van der Waals surface area contributed by atoms with Crippen molar-refractivity contribution in [2.45, 2.75) is 19.1 Å². The number of furan rings is 1. The maximum Gasteiger partial charge on any atom is 0.408 e. The lowest BCUT2D eigenvalue weighted by Crippen LogP contribution is -2.42. The van der Waals surface area contributed by atoms with Crippen LogP contribution in [0.1, 0.15) is 11.1 Å². The number of nitrogens with one attached hydrogen (secondary N) is 1. The Kier molecular flexibility index (Phi) is 5.60. The summed E-state index contributed by atoms with van der Waals surface area (Å²) < 4.78 is 10.5. The summed E-state index contributed by atoms with van der Waals surface area (Å²) in [7, 11) is 0. The number of rotatable bonds is 6. The molecule has 1 unspecified atom stereocenters. The first-order valence-corrected chi connectivity index (χ1v) is 7.27. The van der Waals surface area contributed by atoms with Crippen LogP contribution in [0.2, 0.25) is 0 Å². The highest BCUT2D eigenvalue weighted by Gasteiger charge is 2.22. The Hall–Kier alpha value is -2.28. The van der Waals surface area contributed by atoms with Gasteiger partial charge in [0.25, 0.3) is 0 Å². The molecule has 6 nitrogen and oxygen atoms in total. The molecule has 1 atom stereocenters. The summed E-state index contributed by atoms with van der Waals surface area (Å²) in [4.78, 5) is 22.9. The Balaban J connectivity index is 1.87. The Morgan fingerprint density at radius 1 is 1.27 bits per heavy atom. The summed E-state index contributed by atoms with van der Waals surface area (Å²) in [6.45, 7) is 0.0796. The van der Waals surface area contributed by atoms with Crippen molar-refractivity contribution in [3.8, 4) is 0 Å². The number of carbonyl (C=O) groups excluding carboxylic acids is 1. The molecular formula is C15H14BrNO5. The molecule has 0 aliphatic carbocycles. The lowest BCUT2D eigenvalue weighted by Gasteiger charge is -2.13. The first-order chi connectivity index (χ1) is 10.5. The van der Waals surface area contributed by atoms with Gasteiger partial charge in [0.2, 0.25) is 0 Å². The fourth-order valence-electron chi connectivity index (χ4n) is 1.80. The first kappa shape index (κ1) is 16.1. The van der Waals surface area contributed by atoms with Crippen molar-refractivity contribution in [2.75, 3.05) is 0 Å². The van der Waals surface area contributed by atoms with E-state index in [1.807, 2.05) is 30.3 Å². The summed E-state index contributed by atoms with van der Waals surface area (Å²) in [6.07, 6.45) is 0.751. The first-order valence-electron chi connectivity index (χ1n) is 6.47. The van der Waals surface area contributed by atoms with Crippen LogP contribution in [0, 0.1) is 0 Å². The van der Waals surface area contributed by atoms with Crippen LogP contribution in [0.15, 0.2) is 51.7 Å². The van der Waals surface area contributed by atoms with Crippen LogP contribution in [-0.2, 0) is 22.6 Å². The normalized spacial score (nSPS) is 11.7. The number of alkyl carbamates (subject to hydrolysis) is 1. The van der Waals surface area contributed by atoms with E-state index in [2.05, 4.69) is 21.2 Å². The lowest BCUT2D eigenvalue weighted by atomic mass is 10.1. The molecule has 22 heavy (non-hydrogen) atoms. The third-order valence-corrected chi connectivity index (χ3v) is 3.28. The molecular weight excluding hydrogens is 354 g/mol. The summed E-state index contributed by atoms with van der Waals surface area (Å²) >= 11 is 3.13. The number of amides is 1. The molecule has 0 spiro atoms. The standard InChI is InChI=1S/C15H14BrNO5/c16-13-7-11(9-21-13)6-12(14(18)19)17-15(20)22-8-10-4-2-1-3-5-10/h1-5,7,9,12H,6,8H2,(H,17,20)(H,18,19). The van der Waals surface area contributed by atoms with E-state index in [9.17, 15) is 9.59 Å². The maximum atomic E-state index is 11.7. The van der Waals surface area contributed by atoms with Crippen molar-refractivity contribution in [3.63, 3.8) is 0 Å². The maximum absolute atomic E-state index is 11.7. The summed E-state index contributed by atoms with van der Waals surface area (Å²) in [6, 6.07) is 9.68. The van der Waals surface area contributed by atoms with Gasteiger partial charge in [-0.2, -0.15) is 0 Å². The third-order valence-electron chi connectivity index (χ3n) is 2.86. The molecule has 0 saturated heterocycles. The van der Waals surface area contributed by atoms with Crippen molar-refractivity contribution in [3.05, 3.63) is 58.5 Å². The van der Waals surface area contributed by atoms with Crippen LogP contribution in [0.25, 0.3) is 0 Å². The van der Waals surface area contributed by atoms with Gasteiger partial charge >= 0.3 is 12.1 Å². The van der Waals surface area contributed by atoms with Gasteiger partial charge in [0.15, 0.2) is 4.67 Å². The van der Waals surface area contributed by atoms with Crippen LogP contribution < -0.4 is 5.32 Å². The predicted molar refractivity (Wildman–Crippen MR) is 81.3 cm³/mol. The molecule has 116 valence electrons. The van der Waals surface area contributed by atoms with Crippen molar-refractivity contribution in [1.82, 2.24) is 5.32 Å². The molecule has 2 N–H and O–H groups in total. The second kappa shape index (κ2) is 7.65. The molecule has 0 radical (unpaired) electrons. The minimum atomic E-state index is -1.14. The van der Waals surface area contributed by atoms with Crippen LogP contribution in [0.5, 0.6) is 0 Å². The molecule has 2 rings (SSSR count). The molecule has 1 amide bonds. The molecule has 1 heterocycles. The summed E-state index contributed by atoms with van der Waals surface area (Å²) in [5.41, 5.74) is 1.48. The van der Waals surface area contributed by atoms with E-state index < -0.39 is 18.1 Å². The van der Waals surface area contributed by atoms with E-state index in [1.165, 1.54) is 6.26 Å². The number of hydrogen-bond donors (Lipinski definition) is 2. The van der Waals surface area contributed by atoms with Crippen LogP contribution >= 0.6 is 15.9 Å². The van der Waals surface area contributed by atoms with Gasteiger partial charge < -0.3 is 19.6 Å². The molecule has 0 fully saturated rings. The predicted octanol–water partition coefficient (Wildman–Crippen LogP) is 2.96. The van der Waals surface area contributed by atoms with Gasteiger partial charge in [-0.15, -0.1) is 0 Å². The highest BCUT2D eigenvalue weighted by molar-refractivity contribution is 9.10. The second-order valence-corrected chi connectivity index (χ2v) is 5.34. The van der Waals surface area contributed by atoms with Gasteiger partial charge in [0.1, 0.15) is 12.6 Å². The Bertz CT molecular complexity index is 640. The molecule has 1 aromatic carbocycles. The van der Waals surface area contributed by atoms with Crippen LogP contribution in [-0.4, -0.2) is 23.2 Å². The minimum absolute atomic E-state index is 0.0796. The highest BCUT2D eigenvalue weighted by Crippen LogP contribution is 2.15. The molecule has 0 aliphatic rings. The van der Waals surface area contributed by atoms with Crippen molar-refractivity contribution in [2.24, 2.45) is 0 Å². The van der Waals surface area contributed by atoms with Crippen LogP contribution in [0.3, 0.4) is 0 Å². The van der Waals surface area contributed by atoms with Crippen LogP contribution in [0.4, 0.5) is 4.79 Å². The minimum Gasteiger partial charge on any atom is -0.480 e. The highest BCUT2D eigenvalue weighted by atomic mass is 79.9. The number of benzene rings is 1. The number of halogens is 1. The van der Waals surface area contributed by atoms with Gasteiger partial charge in [-0.1, -0.05) is 30.3 Å². The number of hydrogen-bond acceptors (Lipinski definition) is 4. The molecule has 0 aliphatic heterocycles. The van der Waals surface area contributed by atoms with E-state index >= 15 is 0 Å². The lowest BCUT2D eigenvalue weighted by molar-refractivity contribution is -0.139. The zero-order valence-corrected chi connectivity index (χ0v) is 13.1. The van der Waals surface area contributed by atoms with Crippen molar-refractivity contribution in [1.29, 1.82) is 0 Å². The van der Waals surface area contributed by atoms with Gasteiger partial charge in [-0.25, -0.2) is 9.59 Å². The largest absolute Gasteiger partial charge is 0.480 e. The Labute approximate surface area is 135 Å². The second-order valence-electron chi connectivity index (χ2n) is 4.56. The Morgan fingerprint density at radius 2 is 2.00 bits per heavy atom. The van der Waals surface area contributed by atoms with E-state index in [0.717, 1.165) is 5.56 Å². The van der Waals surface area contributed by atoms with Gasteiger partial charge in [-0.05, 0) is 33.1 Å². The van der Waals surface area contributed by atoms with Gasteiger partial charge in [-0.3, -0.25) is 0 Å². The fraction of sp³-hybridized carbons (Fsp3) is 0.200. The van der Waals surface area contributed by atoms with E-state index in [1.54, 1.807) is 6.07 Å². The number of carboxylic acids is 1. The Morgan fingerprint density at radius 3 is 2.59 bits per heavy atom. The zero-order valence-electron chi connectivity index (χ0n) is 11.5. The molecule has 2 aromatic rings. The van der Waals surface area contributed by atoms with E-state index in [-0.39, 0.29) is 13.0 Å². The zero-order chi connectivity index (χ0) is 15.9. The number of aliphatic carboxylic acids is 1. The van der Waals surface area contributed by atoms with Crippen molar-refractivity contribution >= 4 is 28.0 Å². The smallest absolute Gasteiger partial charge is 0.408 e. The van der Waals surface area contributed by atoms with E-state index in [4.69, 9.17) is 14.3 Å². The van der Waals surface area contributed by atoms with Crippen molar-refractivity contribution < 1.29 is 23.8 Å². The fourth-order valence-corrected chi connectivity index (χ4v) is 2.18. The molecule has 0 saturated carbocycles. The monoisotopic (exact) mass is 367 g/mol.